The molecule has 0 saturated carbocycles. The molecule has 1 heterocycles. The number of anilines is 1. The van der Waals surface area contributed by atoms with E-state index in [1.165, 1.54) is 0 Å². The maximum Gasteiger partial charge on any atom is 0.226 e. The van der Waals surface area contributed by atoms with Crippen LogP contribution in [-0.2, 0) is 11.3 Å². The minimum absolute atomic E-state index is 0.0295. The number of nitrogens with zero attached hydrogens (tertiary/aromatic N) is 1. The number of rotatable bonds is 8. The van der Waals surface area contributed by atoms with Crippen LogP contribution in [0.3, 0.4) is 0 Å². The van der Waals surface area contributed by atoms with E-state index in [9.17, 15) is 4.79 Å². The SMILES string of the molecule is COc1ccc(OC)c(NC(=O)CC(C)NCc2cccnc2)c1. The van der Waals surface area contributed by atoms with Gasteiger partial charge in [0.05, 0.1) is 19.9 Å². The van der Waals surface area contributed by atoms with Crippen molar-refractivity contribution in [3.8, 4) is 11.5 Å². The fourth-order valence-electron chi connectivity index (χ4n) is 2.26. The number of carbonyl (C=O) groups is 1. The molecule has 2 aromatic rings. The van der Waals surface area contributed by atoms with Gasteiger partial charge < -0.3 is 20.1 Å². The highest BCUT2D eigenvalue weighted by atomic mass is 16.5. The van der Waals surface area contributed by atoms with Crippen molar-refractivity contribution >= 4 is 11.6 Å². The van der Waals surface area contributed by atoms with Gasteiger partial charge in [-0.1, -0.05) is 6.07 Å². The number of methoxy groups -OCH3 is 2. The molecule has 1 amide bonds. The second-order valence-corrected chi connectivity index (χ2v) is 5.46. The standard InChI is InChI=1S/C18H23N3O3/c1-13(20-12-14-5-4-8-19-11-14)9-18(22)21-16-10-15(23-2)6-7-17(16)24-3/h4-8,10-11,13,20H,9,12H2,1-3H3,(H,21,22). The molecule has 0 saturated heterocycles. The molecule has 0 radical (unpaired) electrons. The van der Waals surface area contributed by atoms with Gasteiger partial charge in [-0.25, -0.2) is 0 Å². The number of carbonyl (C=O) groups excluding carboxylic acids is 1. The molecular formula is C18H23N3O3. The third kappa shape index (κ3) is 5.24. The lowest BCUT2D eigenvalue weighted by Crippen LogP contribution is -2.30. The molecule has 0 aliphatic carbocycles. The first kappa shape index (κ1) is 17.7. The monoisotopic (exact) mass is 329 g/mol. The zero-order chi connectivity index (χ0) is 17.4. The first-order chi connectivity index (χ1) is 11.6. The fraction of sp³-hybridized carbons (Fsp3) is 0.333. The highest BCUT2D eigenvalue weighted by Gasteiger charge is 2.12. The maximum atomic E-state index is 12.2. The van der Waals surface area contributed by atoms with Gasteiger partial charge >= 0.3 is 0 Å². The molecular weight excluding hydrogens is 306 g/mol. The van der Waals surface area contributed by atoms with Gasteiger partial charge in [-0.2, -0.15) is 0 Å². The van der Waals surface area contributed by atoms with Crippen LogP contribution in [-0.4, -0.2) is 31.2 Å². The average Bonchev–Trinajstić information content (AvgIpc) is 2.60. The number of amides is 1. The van der Waals surface area contributed by atoms with Gasteiger partial charge in [0, 0.05) is 37.5 Å². The number of nitrogens with one attached hydrogen (secondary N) is 2. The molecule has 2 rings (SSSR count). The fourth-order valence-corrected chi connectivity index (χ4v) is 2.26. The summed E-state index contributed by atoms with van der Waals surface area (Å²) in [5.41, 5.74) is 1.68. The molecule has 0 fully saturated rings. The lowest BCUT2D eigenvalue weighted by molar-refractivity contribution is -0.116. The van der Waals surface area contributed by atoms with E-state index in [4.69, 9.17) is 9.47 Å². The van der Waals surface area contributed by atoms with E-state index in [1.807, 2.05) is 19.1 Å². The maximum absolute atomic E-state index is 12.2. The minimum Gasteiger partial charge on any atom is -0.497 e. The summed E-state index contributed by atoms with van der Waals surface area (Å²) < 4.78 is 10.4. The van der Waals surface area contributed by atoms with Crippen LogP contribution >= 0.6 is 0 Å². The van der Waals surface area contributed by atoms with Gasteiger partial charge in [-0.3, -0.25) is 9.78 Å². The topological polar surface area (TPSA) is 72.5 Å². The second-order valence-electron chi connectivity index (χ2n) is 5.46. The van der Waals surface area contributed by atoms with Crippen molar-refractivity contribution in [2.24, 2.45) is 0 Å². The highest BCUT2D eigenvalue weighted by molar-refractivity contribution is 5.92. The summed E-state index contributed by atoms with van der Waals surface area (Å²) in [6.45, 7) is 2.64. The van der Waals surface area contributed by atoms with E-state index >= 15 is 0 Å². The minimum atomic E-state index is -0.0901. The molecule has 0 aliphatic rings. The first-order valence-corrected chi connectivity index (χ1v) is 7.76. The molecule has 1 atom stereocenters. The van der Waals surface area contributed by atoms with Gasteiger partial charge in [0.25, 0.3) is 0 Å². The summed E-state index contributed by atoms with van der Waals surface area (Å²) >= 11 is 0. The number of aromatic nitrogens is 1. The van der Waals surface area contributed by atoms with Gasteiger partial charge in [-0.05, 0) is 30.7 Å². The third-order valence-electron chi connectivity index (χ3n) is 3.55. The number of hydrogen-bond donors (Lipinski definition) is 2. The summed E-state index contributed by atoms with van der Waals surface area (Å²) in [7, 11) is 3.15. The Kier molecular flexibility index (Phi) is 6.57. The Labute approximate surface area is 142 Å². The van der Waals surface area contributed by atoms with Crippen molar-refractivity contribution in [3.63, 3.8) is 0 Å². The normalized spacial score (nSPS) is 11.6. The van der Waals surface area contributed by atoms with Crippen LogP contribution in [0.5, 0.6) is 11.5 Å². The average molecular weight is 329 g/mol. The predicted molar refractivity (Wildman–Crippen MR) is 93.3 cm³/mol. The molecule has 6 heteroatoms. The predicted octanol–water partition coefficient (Wildman–Crippen LogP) is 2.61. The van der Waals surface area contributed by atoms with E-state index in [1.54, 1.807) is 44.8 Å². The summed E-state index contributed by atoms with van der Waals surface area (Å²) in [5, 5.41) is 6.18. The molecule has 24 heavy (non-hydrogen) atoms. The highest BCUT2D eigenvalue weighted by Crippen LogP contribution is 2.28. The van der Waals surface area contributed by atoms with Crippen molar-refractivity contribution in [2.75, 3.05) is 19.5 Å². The zero-order valence-electron chi connectivity index (χ0n) is 14.2. The molecule has 1 aromatic carbocycles. The van der Waals surface area contributed by atoms with E-state index in [0.29, 0.717) is 30.2 Å². The molecule has 1 aromatic heterocycles. The molecule has 0 spiro atoms. The van der Waals surface area contributed by atoms with Crippen LogP contribution in [0.25, 0.3) is 0 Å². The molecule has 0 bridgehead atoms. The Hall–Kier alpha value is -2.60. The van der Waals surface area contributed by atoms with Crippen LogP contribution in [0.2, 0.25) is 0 Å². The van der Waals surface area contributed by atoms with Crippen molar-refractivity contribution < 1.29 is 14.3 Å². The first-order valence-electron chi connectivity index (χ1n) is 7.76. The van der Waals surface area contributed by atoms with Crippen molar-refractivity contribution in [1.29, 1.82) is 0 Å². The summed E-state index contributed by atoms with van der Waals surface area (Å²) in [6.07, 6.45) is 3.89. The quantitative estimate of drug-likeness (QED) is 0.779. The van der Waals surface area contributed by atoms with Crippen molar-refractivity contribution in [1.82, 2.24) is 10.3 Å². The summed E-state index contributed by atoms with van der Waals surface area (Å²) in [6, 6.07) is 9.20. The van der Waals surface area contributed by atoms with Gasteiger partial charge in [0.1, 0.15) is 11.5 Å². The van der Waals surface area contributed by atoms with Crippen LogP contribution in [0, 0.1) is 0 Å². The van der Waals surface area contributed by atoms with Gasteiger partial charge in [-0.15, -0.1) is 0 Å². The Morgan fingerprint density at radius 3 is 2.75 bits per heavy atom. The van der Waals surface area contributed by atoms with Crippen molar-refractivity contribution in [2.45, 2.75) is 25.9 Å². The van der Waals surface area contributed by atoms with Crippen LogP contribution < -0.4 is 20.1 Å². The van der Waals surface area contributed by atoms with Crippen LogP contribution in [0.15, 0.2) is 42.7 Å². The van der Waals surface area contributed by atoms with E-state index in [0.717, 1.165) is 5.56 Å². The van der Waals surface area contributed by atoms with Gasteiger partial charge in [0.15, 0.2) is 0 Å². The smallest absolute Gasteiger partial charge is 0.226 e. The Balaban J connectivity index is 1.88. The van der Waals surface area contributed by atoms with Crippen molar-refractivity contribution in [3.05, 3.63) is 48.3 Å². The van der Waals surface area contributed by atoms with E-state index < -0.39 is 0 Å². The lowest BCUT2D eigenvalue weighted by atomic mass is 10.2. The molecule has 128 valence electrons. The number of pyridine rings is 1. The lowest BCUT2D eigenvalue weighted by Gasteiger charge is -2.15. The number of hydrogen-bond acceptors (Lipinski definition) is 5. The molecule has 0 aliphatic heterocycles. The Morgan fingerprint density at radius 1 is 1.25 bits per heavy atom. The van der Waals surface area contributed by atoms with Gasteiger partial charge in [0.2, 0.25) is 5.91 Å². The van der Waals surface area contributed by atoms with Crippen LogP contribution in [0.4, 0.5) is 5.69 Å². The zero-order valence-corrected chi connectivity index (χ0v) is 14.2. The van der Waals surface area contributed by atoms with E-state index in [-0.39, 0.29) is 11.9 Å². The Bertz CT molecular complexity index is 662. The second kappa shape index (κ2) is 8.88. The Morgan fingerprint density at radius 2 is 2.08 bits per heavy atom. The molecule has 2 N–H and O–H groups in total. The largest absolute Gasteiger partial charge is 0.497 e. The summed E-state index contributed by atoms with van der Waals surface area (Å²) in [4.78, 5) is 16.3. The molecule has 6 nitrogen and oxygen atoms in total. The summed E-state index contributed by atoms with van der Waals surface area (Å²) in [5.74, 6) is 1.17. The molecule has 1 unspecified atom stereocenters. The van der Waals surface area contributed by atoms with Crippen LogP contribution in [0.1, 0.15) is 18.9 Å². The number of benzene rings is 1. The number of ether oxygens (including phenoxy) is 2. The van der Waals surface area contributed by atoms with E-state index in [2.05, 4.69) is 15.6 Å². The third-order valence-corrected chi connectivity index (χ3v) is 3.55.